The molecule has 1 saturated carbocycles. The molecule has 1 aliphatic heterocycles. The van der Waals surface area contributed by atoms with Crippen LogP contribution in [0.25, 0.3) is 0 Å². The summed E-state index contributed by atoms with van der Waals surface area (Å²) < 4.78 is 5.70. The van der Waals surface area contributed by atoms with E-state index in [2.05, 4.69) is 18.3 Å². The van der Waals surface area contributed by atoms with Gasteiger partial charge in [-0.25, -0.2) is 0 Å². The van der Waals surface area contributed by atoms with Gasteiger partial charge in [-0.2, -0.15) is 0 Å². The van der Waals surface area contributed by atoms with Crippen molar-refractivity contribution in [3.63, 3.8) is 0 Å². The van der Waals surface area contributed by atoms with E-state index in [1.165, 1.54) is 31.4 Å². The van der Waals surface area contributed by atoms with E-state index in [1.807, 2.05) is 7.05 Å². The van der Waals surface area contributed by atoms with E-state index in [-0.39, 0.29) is 0 Å². The van der Waals surface area contributed by atoms with Gasteiger partial charge in [0.05, 0.1) is 12.6 Å². The lowest BCUT2D eigenvalue weighted by molar-refractivity contribution is 0.151. The number of hydrogen-bond donors (Lipinski definition) is 1. The van der Waals surface area contributed by atoms with Crippen LogP contribution in [0, 0.1) is 5.41 Å². The van der Waals surface area contributed by atoms with E-state index in [4.69, 9.17) is 4.74 Å². The molecule has 0 aromatic carbocycles. The highest BCUT2D eigenvalue weighted by Gasteiger charge is 2.46. The Hall–Kier alpha value is -0.500. The average Bonchev–Trinajstić information content (AvgIpc) is 2.87. The lowest BCUT2D eigenvalue weighted by Crippen LogP contribution is -2.37. The Morgan fingerprint density at radius 2 is 2.31 bits per heavy atom. The minimum Gasteiger partial charge on any atom is -0.497 e. The molecule has 0 spiro atoms. The Kier molecular flexibility index (Phi) is 2.33. The first-order chi connectivity index (χ1) is 6.26. The Labute approximate surface area is 80.4 Å². The van der Waals surface area contributed by atoms with Crippen molar-refractivity contribution in [2.24, 2.45) is 5.41 Å². The molecule has 2 nitrogen and oxygen atoms in total. The van der Waals surface area contributed by atoms with Crippen molar-refractivity contribution in [1.29, 1.82) is 0 Å². The predicted octanol–water partition coefficient (Wildman–Crippen LogP) is 2.07. The normalized spacial score (nSPS) is 27.4. The highest BCUT2D eigenvalue weighted by molar-refractivity contribution is 5.15. The second kappa shape index (κ2) is 3.33. The molecule has 1 atom stereocenters. The molecule has 74 valence electrons. The molecule has 0 amide bonds. The highest BCUT2D eigenvalue weighted by Crippen LogP contribution is 2.50. The zero-order chi connectivity index (χ0) is 9.31. The molecule has 0 aromatic heterocycles. The molecule has 2 rings (SSSR count). The maximum atomic E-state index is 5.70. The summed E-state index contributed by atoms with van der Waals surface area (Å²) in [5, 5.41) is 3.38. The summed E-state index contributed by atoms with van der Waals surface area (Å²) in [6, 6.07) is 0.452. The van der Waals surface area contributed by atoms with Crippen molar-refractivity contribution < 1.29 is 4.74 Å². The molecule has 1 N–H and O–H groups in total. The summed E-state index contributed by atoms with van der Waals surface area (Å²) in [7, 11) is 2.03. The topological polar surface area (TPSA) is 21.3 Å². The van der Waals surface area contributed by atoms with Gasteiger partial charge in [-0.15, -0.1) is 0 Å². The molecule has 2 aliphatic rings. The van der Waals surface area contributed by atoms with Crippen LogP contribution in [0.2, 0.25) is 0 Å². The molecule has 0 saturated heterocycles. The van der Waals surface area contributed by atoms with E-state index in [0.717, 1.165) is 6.61 Å². The quantitative estimate of drug-likeness (QED) is 0.719. The number of hydrogen-bond acceptors (Lipinski definition) is 2. The predicted molar refractivity (Wildman–Crippen MR) is 53.5 cm³/mol. The van der Waals surface area contributed by atoms with Crippen LogP contribution in [0.3, 0.4) is 0 Å². The van der Waals surface area contributed by atoms with E-state index < -0.39 is 0 Å². The van der Waals surface area contributed by atoms with Crippen molar-refractivity contribution in [2.45, 2.75) is 38.6 Å². The number of rotatable bonds is 3. The van der Waals surface area contributed by atoms with Crippen molar-refractivity contribution in [3.8, 4) is 0 Å². The number of allylic oxidation sites excluding steroid dienone is 1. The van der Waals surface area contributed by atoms with Crippen molar-refractivity contribution in [1.82, 2.24) is 5.32 Å². The first-order valence-corrected chi connectivity index (χ1v) is 5.26. The molecule has 2 heteroatoms. The second-order valence-corrected chi connectivity index (χ2v) is 4.47. The van der Waals surface area contributed by atoms with Gasteiger partial charge in [-0.1, -0.05) is 6.92 Å². The SMILES string of the molecule is CNC(C1=CCCCO1)C1(C)CC1. The zero-order valence-electron chi connectivity index (χ0n) is 8.60. The first-order valence-electron chi connectivity index (χ1n) is 5.26. The van der Waals surface area contributed by atoms with Gasteiger partial charge in [-0.05, 0) is 44.2 Å². The van der Waals surface area contributed by atoms with Crippen LogP contribution in [0.1, 0.15) is 32.6 Å². The summed E-state index contributed by atoms with van der Waals surface area (Å²) in [5.74, 6) is 1.19. The third-order valence-corrected chi connectivity index (χ3v) is 3.27. The zero-order valence-corrected chi connectivity index (χ0v) is 8.60. The molecule has 13 heavy (non-hydrogen) atoms. The number of ether oxygens (including phenoxy) is 1. The van der Waals surface area contributed by atoms with Gasteiger partial charge >= 0.3 is 0 Å². The Bertz CT molecular complexity index is 218. The molecule has 1 aliphatic carbocycles. The Balaban J connectivity index is 2.07. The standard InChI is InChI=1S/C11H19NO/c1-11(6-7-11)10(12-2)9-5-3-4-8-13-9/h5,10,12H,3-4,6-8H2,1-2H3. The summed E-state index contributed by atoms with van der Waals surface area (Å²) >= 11 is 0. The van der Waals surface area contributed by atoms with Gasteiger partial charge in [0, 0.05) is 0 Å². The fraction of sp³-hybridized carbons (Fsp3) is 0.818. The maximum absolute atomic E-state index is 5.70. The van der Waals surface area contributed by atoms with Crippen LogP contribution in [-0.4, -0.2) is 19.7 Å². The van der Waals surface area contributed by atoms with E-state index in [0.29, 0.717) is 11.5 Å². The number of nitrogens with one attached hydrogen (secondary N) is 1. The smallest absolute Gasteiger partial charge is 0.109 e. The summed E-state index contributed by atoms with van der Waals surface area (Å²) in [6.45, 7) is 3.24. The number of likely N-dealkylation sites (N-methyl/N-ethyl adjacent to an activating group) is 1. The Morgan fingerprint density at radius 1 is 1.54 bits per heavy atom. The van der Waals surface area contributed by atoms with E-state index >= 15 is 0 Å². The van der Waals surface area contributed by atoms with Crippen molar-refractivity contribution >= 4 is 0 Å². The van der Waals surface area contributed by atoms with Gasteiger partial charge < -0.3 is 10.1 Å². The fourth-order valence-corrected chi connectivity index (χ4v) is 2.10. The average molecular weight is 181 g/mol. The van der Waals surface area contributed by atoms with Crippen LogP contribution in [0.5, 0.6) is 0 Å². The highest BCUT2D eigenvalue weighted by atomic mass is 16.5. The summed E-state index contributed by atoms with van der Waals surface area (Å²) in [6.07, 6.45) is 7.28. The van der Waals surface area contributed by atoms with Gasteiger partial charge in [0.25, 0.3) is 0 Å². The van der Waals surface area contributed by atoms with Gasteiger partial charge in [-0.3, -0.25) is 0 Å². The molecule has 0 aromatic rings. The summed E-state index contributed by atoms with van der Waals surface area (Å²) in [4.78, 5) is 0. The largest absolute Gasteiger partial charge is 0.497 e. The van der Waals surface area contributed by atoms with Crippen molar-refractivity contribution in [2.75, 3.05) is 13.7 Å². The monoisotopic (exact) mass is 181 g/mol. The van der Waals surface area contributed by atoms with Gasteiger partial charge in [0.2, 0.25) is 0 Å². The lowest BCUT2D eigenvalue weighted by Gasteiger charge is -2.28. The minimum absolute atomic E-state index is 0.452. The molecule has 1 unspecified atom stereocenters. The van der Waals surface area contributed by atoms with Gasteiger partial charge in [0.15, 0.2) is 0 Å². The Morgan fingerprint density at radius 3 is 2.77 bits per heavy atom. The van der Waals surface area contributed by atoms with Crippen LogP contribution >= 0.6 is 0 Å². The first kappa shape index (κ1) is 9.07. The maximum Gasteiger partial charge on any atom is 0.109 e. The molecule has 0 radical (unpaired) electrons. The molecular formula is C11H19NO. The molecular weight excluding hydrogens is 162 g/mol. The third kappa shape index (κ3) is 1.73. The lowest BCUT2D eigenvalue weighted by atomic mass is 9.95. The van der Waals surface area contributed by atoms with E-state index in [9.17, 15) is 0 Å². The van der Waals surface area contributed by atoms with Crippen LogP contribution in [0.4, 0.5) is 0 Å². The fourth-order valence-electron chi connectivity index (χ4n) is 2.10. The van der Waals surface area contributed by atoms with Crippen molar-refractivity contribution in [3.05, 3.63) is 11.8 Å². The molecule has 1 fully saturated rings. The minimum atomic E-state index is 0.452. The molecule has 1 heterocycles. The van der Waals surface area contributed by atoms with Gasteiger partial charge in [0.1, 0.15) is 5.76 Å². The van der Waals surface area contributed by atoms with Crippen LogP contribution in [-0.2, 0) is 4.74 Å². The summed E-state index contributed by atoms with van der Waals surface area (Å²) in [5.41, 5.74) is 0.470. The van der Waals surface area contributed by atoms with Crippen LogP contribution in [0.15, 0.2) is 11.8 Å². The third-order valence-electron chi connectivity index (χ3n) is 3.27. The van der Waals surface area contributed by atoms with Crippen LogP contribution < -0.4 is 5.32 Å². The van der Waals surface area contributed by atoms with E-state index in [1.54, 1.807) is 0 Å². The second-order valence-electron chi connectivity index (χ2n) is 4.47. The molecule has 0 bridgehead atoms.